The molecule has 0 spiro atoms. The summed E-state index contributed by atoms with van der Waals surface area (Å²) in [5, 5.41) is 7.42. The van der Waals surface area contributed by atoms with Crippen LogP contribution >= 0.6 is 11.6 Å². The van der Waals surface area contributed by atoms with Crippen molar-refractivity contribution in [1.29, 1.82) is 0 Å². The molecule has 1 unspecified atom stereocenters. The number of benzene rings is 1. The highest BCUT2D eigenvalue weighted by molar-refractivity contribution is 6.30. The van der Waals surface area contributed by atoms with Gasteiger partial charge in [-0.25, -0.2) is 9.97 Å². The molecule has 1 aromatic carbocycles. The summed E-state index contributed by atoms with van der Waals surface area (Å²) in [6.45, 7) is 7.01. The molecular weight excluding hydrogens is 284 g/mol. The molecule has 112 valence electrons. The van der Waals surface area contributed by atoms with Crippen LogP contribution in [0.5, 0.6) is 0 Å². The number of hydrogen-bond acceptors (Lipinski definition) is 4. The lowest BCUT2D eigenvalue weighted by molar-refractivity contribution is 0.866. The van der Waals surface area contributed by atoms with Crippen molar-refractivity contribution in [1.82, 2.24) is 9.97 Å². The maximum Gasteiger partial charge on any atom is 0.132 e. The quantitative estimate of drug-likeness (QED) is 0.828. The van der Waals surface area contributed by atoms with E-state index in [1.165, 1.54) is 0 Å². The number of rotatable bonds is 6. The van der Waals surface area contributed by atoms with E-state index in [1.807, 2.05) is 37.3 Å². The number of nitrogens with zero attached hydrogens (tertiary/aromatic N) is 2. The normalized spacial score (nSPS) is 12.0. The van der Waals surface area contributed by atoms with E-state index in [1.54, 1.807) is 0 Å². The van der Waals surface area contributed by atoms with E-state index in [4.69, 9.17) is 11.6 Å². The van der Waals surface area contributed by atoms with Crippen LogP contribution in [-0.4, -0.2) is 16.5 Å². The highest BCUT2D eigenvalue weighted by atomic mass is 35.5. The smallest absolute Gasteiger partial charge is 0.132 e. The molecule has 0 aliphatic rings. The highest BCUT2D eigenvalue weighted by Gasteiger charge is 2.08. The first-order valence-corrected chi connectivity index (χ1v) is 7.58. The van der Waals surface area contributed by atoms with Gasteiger partial charge in [0.15, 0.2) is 0 Å². The van der Waals surface area contributed by atoms with Crippen LogP contribution in [0.15, 0.2) is 30.3 Å². The third-order valence-corrected chi connectivity index (χ3v) is 3.34. The summed E-state index contributed by atoms with van der Waals surface area (Å²) in [6.07, 6.45) is 1.06. The molecule has 0 amide bonds. The van der Waals surface area contributed by atoms with Gasteiger partial charge in [-0.3, -0.25) is 0 Å². The molecule has 0 radical (unpaired) electrons. The van der Waals surface area contributed by atoms with Crippen molar-refractivity contribution < 1.29 is 0 Å². The molecule has 2 aromatic rings. The van der Waals surface area contributed by atoms with Gasteiger partial charge in [-0.15, -0.1) is 0 Å². The Morgan fingerprint density at radius 1 is 1.19 bits per heavy atom. The third-order valence-electron chi connectivity index (χ3n) is 3.11. The second kappa shape index (κ2) is 7.27. The molecule has 0 saturated carbocycles. The zero-order valence-corrected chi connectivity index (χ0v) is 13.4. The zero-order valence-electron chi connectivity index (χ0n) is 12.7. The van der Waals surface area contributed by atoms with Crippen LogP contribution in [0.4, 0.5) is 11.6 Å². The Morgan fingerprint density at radius 3 is 2.67 bits per heavy atom. The minimum atomic E-state index is 0.122. The number of anilines is 2. The van der Waals surface area contributed by atoms with Crippen LogP contribution in [-0.2, 0) is 0 Å². The van der Waals surface area contributed by atoms with Crippen LogP contribution in [0.1, 0.15) is 37.7 Å². The predicted molar refractivity (Wildman–Crippen MR) is 89.0 cm³/mol. The van der Waals surface area contributed by atoms with Gasteiger partial charge in [-0.05, 0) is 38.0 Å². The number of aryl methyl sites for hydroxylation is 1. The minimum Gasteiger partial charge on any atom is -0.370 e. The van der Waals surface area contributed by atoms with Crippen molar-refractivity contribution in [2.45, 2.75) is 33.2 Å². The van der Waals surface area contributed by atoms with Gasteiger partial charge in [0, 0.05) is 23.7 Å². The maximum absolute atomic E-state index is 6.04. The van der Waals surface area contributed by atoms with Gasteiger partial charge in [0.25, 0.3) is 0 Å². The maximum atomic E-state index is 6.04. The number of halogens is 1. The average Bonchev–Trinajstić information content (AvgIpc) is 2.44. The van der Waals surface area contributed by atoms with Crippen LogP contribution in [0, 0.1) is 6.92 Å². The summed E-state index contributed by atoms with van der Waals surface area (Å²) < 4.78 is 0. The van der Waals surface area contributed by atoms with E-state index in [-0.39, 0.29) is 6.04 Å². The topological polar surface area (TPSA) is 49.8 Å². The second-order valence-corrected chi connectivity index (χ2v) is 5.47. The molecule has 5 heteroatoms. The van der Waals surface area contributed by atoms with Crippen molar-refractivity contribution in [2.75, 3.05) is 17.2 Å². The molecule has 0 fully saturated rings. The first-order valence-electron chi connectivity index (χ1n) is 7.20. The van der Waals surface area contributed by atoms with Crippen molar-refractivity contribution in [3.05, 3.63) is 46.7 Å². The molecular formula is C16H21ClN4. The SMILES string of the molecule is CCCNc1cc(NC(C)c2cccc(Cl)c2)nc(C)n1. The van der Waals surface area contributed by atoms with Crippen LogP contribution in [0.2, 0.25) is 5.02 Å². The monoisotopic (exact) mass is 304 g/mol. The van der Waals surface area contributed by atoms with Crippen LogP contribution in [0.25, 0.3) is 0 Å². The largest absolute Gasteiger partial charge is 0.370 e. The van der Waals surface area contributed by atoms with Gasteiger partial charge in [0.2, 0.25) is 0 Å². The molecule has 21 heavy (non-hydrogen) atoms. The Bertz CT molecular complexity index is 601. The minimum absolute atomic E-state index is 0.122. The Kier molecular flexibility index (Phi) is 5.39. The molecule has 0 aliphatic heterocycles. The fraction of sp³-hybridized carbons (Fsp3) is 0.375. The first-order chi connectivity index (χ1) is 10.1. The van der Waals surface area contributed by atoms with Crippen molar-refractivity contribution in [3.63, 3.8) is 0 Å². The highest BCUT2D eigenvalue weighted by Crippen LogP contribution is 2.22. The standard InChI is InChI=1S/C16H21ClN4/c1-4-8-18-15-10-16(21-12(3)20-15)19-11(2)13-6-5-7-14(17)9-13/h5-7,9-11H,4,8H2,1-3H3,(H2,18,19,20,21). The third kappa shape index (κ3) is 4.60. The Labute approximate surface area is 131 Å². The van der Waals surface area contributed by atoms with Crippen LogP contribution < -0.4 is 10.6 Å². The molecule has 2 N–H and O–H groups in total. The number of nitrogens with one attached hydrogen (secondary N) is 2. The summed E-state index contributed by atoms with van der Waals surface area (Å²) in [6, 6.07) is 9.90. The average molecular weight is 305 g/mol. The summed E-state index contributed by atoms with van der Waals surface area (Å²) in [5.41, 5.74) is 1.13. The van der Waals surface area contributed by atoms with E-state index < -0.39 is 0 Å². The zero-order chi connectivity index (χ0) is 15.2. The Balaban J connectivity index is 2.13. The first kappa shape index (κ1) is 15.6. The lowest BCUT2D eigenvalue weighted by Gasteiger charge is -2.16. The summed E-state index contributed by atoms with van der Waals surface area (Å²) in [5.74, 6) is 2.41. The van der Waals surface area contributed by atoms with Crippen molar-refractivity contribution >= 4 is 23.2 Å². The molecule has 0 aliphatic carbocycles. The molecule has 1 heterocycles. The second-order valence-electron chi connectivity index (χ2n) is 5.03. The van der Waals surface area contributed by atoms with Crippen molar-refractivity contribution in [2.24, 2.45) is 0 Å². The Morgan fingerprint density at radius 2 is 1.95 bits per heavy atom. The Hall–Kier alpha value is -1.81. The fourth-order valence-corrected chi connectivity index (χ4v) is 2.27. The number of aromatic nitrogens is 2. The van der Waals surface area contributed by atoms with Gasteiger partial charge in [-0.1, -0.05) is 30.7 Å². The van der Waals surface area contributed by atoms with Gasteiger partial charge >= 0.3 is 0 Å². The van der Waals surface area contributed by atoms with Crippen molar-refractivity contribution in [3.8, 4) is 0 Å². The molecule has 4 nitrogen and oxygen atoms in total. The fourth-order valence-electron chi connectivity index (χ4n) is 2.07. The molecule has 1 atom stereocenters. The molecule has 0 bridgehead atoms. The van der Waals surface area contributed by atoms with Gasteiger partial charge in [-0.2, -0.15) is 0 Å². The predicted octanol–water partition coefficient (Wildman–Crippen LogP) is 4.43. The lowest BCUT2D eigenvalue weighted by Crippen LogP contribution is -2.10. The molecule has 2 rings (SSSR count). The summed E-state index contributed by atoms with van der Waals surface area (Å²) in [7, 11) is 0. The van der Waals surface area contributed by atoms with Gasteiger partial charge in [0.1, 0.15) is 17.5 Å². The van der Waals surface area contributed by atoms with Crippen LogP contribution in [0.3, 0.4) is 0 Å². The van der Waals surface area contributed by atoms with E-state index in [0.717, 1.165) is 41.0 Å². The molecule has 1 aromatic heterocycles. The van der Waals surface area contributed by atoms with E-state index in [9.17, 15) is 0 Å². The van der Waals surface area contributed by atoms with E-state index >= 15 is 0 Å². The molecule has 0 saturated heterocycles. The summed E-state index contributed by atoms with van der Waals surface area (Å²) >= 11 is 6.04. The van der Waals surface area contributed by atoms with Gasteiger partial charge in [0.05, 0.1) is 0 Å². The van der Waals surface area contributed by atoms with Gasteiger partial charge < -0.3 is 10.6 Å². The van der Waals surface area contributed by atoms with E-state index in [2.05, 4.69) is 34.4 Å². The number of hydrogen-bond donors (Lipinski definition) is 2. The van der Waals surface area contributed by atoms with E-state index in [0.29, 0.717) is 0 Å². The lowest BCUT2D eigenvalue weighted by atomic mass is 10.1. The summed E-state index contributed by atoms with van der Waals surface area (Å²) in [4.78, 5) is 8.82.